The smallest absolute Gasteiger partial charge is 0.371 e. The molecule has 0 aromatic rings. The molecule has 0 saturated carbocycles. The Bertz CT molecular complexity index is 184. The van der Waals surface area contributed by atoms with Gasteiger partial charge < -0.3 is 10.5 Å². The van der Waals surface area contributed by atoms with Gasteiger partial charge in [0.05, 0.1) is 6.61 Å². The first kappa shape index (κ1) is 13.9. The van der Waals surface area contributed by atoms with Crippen LogP contribution in [0, 0.1) is 0 Å². The lowest BCUT2D eigenvalue weighted by atomic mass is 10.4. The average molecular weight is 233 g/mol. The molecule has 0 fully saturated rings. The standard InChI is InChI=1S/C7H14F3NO2S/c1-6(11)4-14(12)3-2-13-5-7(8,9)10/h6H,2-5,11H2,1H3. The molecule has 0 aliphatic carbocycles. The lowest BCUT2D eigenvalue weighted by Gasteiger charge is -2.08. The van der Waals surface area contributed by atoms with E-state index in [1.54, 1.807) is 6.92 Å². The molecule has 0 amide bonds. The first-order valence-corrected chi connectivity index (χ1v) is 5.55. The van der Waals surface area contributed by atoms with Crippen LogP contribution in [0.15, 0.2) is 0 Å². The van der Waals surface area contributed by atoms with Crippen molar-refractivity contribution in [2.45, 2.75) is 19.1 Å². The van der Waals surface area contributed by atoms with Crippen LogP contribution >= 0.6 is 0 Å². The van der Waals surface area contributed by atoms with Gasteiger partial charge in [0.2, 0.25) is 0 Å². The van der Waals surface area contributed by atoms with Gasteiger partial charge in [-0.3, -0.25) is 4.21 Å². The monoisotopic (exact) mass is 233 g/mol. The molecule has 0 spiro atoms. The number of ether oxygens (including phenoxy) is 1. The quantitative estimate of drug-likeness (QED) is 0.686. The van der Waals surface area contributed by atoms with E-state index in [9.17, 15) is 17.4 Å². The number of nitrogens with two attached hydrogens (primary N) is 1. The van der Waals surface area contributed by atoms with Gasteiger partial charge in [-0.15, -0.1) is 0 Å². The second-order valence-electron chi connectivity index (χ2n) is 2.96. The van der Waals surface area contributed by atoms with Crippen molar-refractivity contribution in [3.63, 3.8) is 0 Å². The van der Waals surface area contributed by atoms with Crippen LogP contribution in [0.4, 0.5) is 13.2 Å². The van der Waals surface area contributed by atoms with Crippen molar-refractivity contribution in [2.75, 3.05) is 24.7 Å². The summed E-state index contributed by atoms with van der Waals surface area (Å²) in [6.07, 6.45) is -4.32. The van der Waals surface area contributed by atoms with Gasteiger partial charge >= 0.3 is 6.18 Å². The molecule has 0 saturated heterocycles. The third-order valence-electron chi connectivity index (χ3n) is 1.17. The highest BCUT2D eigenvalue weighted by Gasteiger charge is 2.27. The molecular formula is C7H14F3NO2S. The van der Waals surface area contributed by atoms with Crippen molar-refractivity contribution in [2.24, 2.45) is 5.73 Å². The Morgan fingerprint density at radius 1 is 1.50 bits per heavy atom. The van der Waals surface area contributed by atoms with E-state index in [4.69, 9.17) is 5.73 Å². The Kier molecular flexibility index (Phi) is 6.30. The molecule has 2 N–H and O–H groups in total. The summed E-state index contributed by atoms with van der Waals surface area (Å²) in [6, 6.07) is -0.210. The maximum atomic E-state index is 11.6. The Hall–Kier alpha value is -0.140. The zero-order chi connectivity index (χ0) is 11.2. The molecule has 0 rings (SSSR count). The fourth-order valence-corrected chi connectivity index (χ4v) is 1.77. The van der Waals surface area contributed by atoms with Crippen LogP contribution in [0.1, 0.15) is 6.92 Å². The number of alkyl halides is 3. The molecule has 2 unspecified atom stereocenters. The molecular weight excluding hydrogens is 219 g/mol. The van der Waals surface area contributed by atoms with E-state index in [0.29, 0.717) is 0 Å². The van der Waals surface area contributed by atoms with Gasteiger partial charge in [-0.1, -0.05) is 0 Å². The molecule has 2 atom stereocenters. The summed E-state index contributed by atoms with van der Waals surface area (Å²) in [5.41, 5.74) is 5.35. The van der Waals surface area contributed by atoms with Crippen LogP contribution in [-0.2, 0) is 15.5 Å². The van der Waals surface area contributed by atoms with Gasteiger partial charge in [0.15, 0.2) is 0 Å². The van der Waals surface area contributed by atoms with Crippen molar-refractivity contribution in [1.29, 1.82) is 0 Å². The van der Waals surface area contributed by atoms with E-state index in [-0.39, 0.29) is 24.2 Å². The number of halogens is 3. The Morgan fingerprint density at radius 2 is 2.07 bits per heavy atom. The summed E-state index contributed by atoms with van der Waals surface area (Å²) in [5.74, 6) is 0.382. The fraction of sp³-hybridized carbons (Fsp3) is 1.00. The van der Waals surface area contributed by atoms with Crippen LogP contribution in [0.5, 0.6) is 0 Å². The van der Waals surface area contributed by atoms with Gasteiger partial charge in [-0.2, -0.15) is 13.2 Å². The Morgan fingerprint density at radius 3 is 2.50 bits per heavy atom. The second kappa shape index (κ2) is 6.36. The fourth-order valence-electron chi connectivity index (χ4n) is 0.716. The normalized spacial score (nSPS) is 16.6. The molecule has 0 heterocycles. The molecule has 0 aromatic carbocycles. The molecule has 14 heavy (non-hydrogen) atoms. The molecule has 86 valence electrons. The van der Waals surface area contributed by atoms with E-state index >= 15 is 0 Å². The van der Waals surface area contributed by atoms with Crippen molar-refractivity contribution >= 4 is 10.8 Å². The van der Waals surface area contributed by atoms with Crippen LogP contribution in [0.2, 0.25) is 0 Å². The van der Waals surface area contributed by atoms with Crippen molar-refractivity contribution < 1.29 is 22.1 Å². The number of hydrogen-bond donors (Lipinski definition) is 1. The van der Waals surface area contributed by atoms with Gasteiger partial charge in [0.1, 0.15) is 6.61 Å². The minimum Gasteiger partial charge on any atom is -0.371 e. The van der Waals surface area contributed by atoms with Gasteiger partial charge in [-0.25, -0.2) is 0 Å². The molecule has 7 heteroatoms. The maximum Gasteiger partial charge on any atom is 0.411 e. The summed E-state index contributed by atoms with van der Waals surface area (Å²) in [6.45, 7) is 0.246. The van der Waals surface area contributed by atoms with Gasteiger partial charge in [-0.05, 0) is 6.92 Å². The highest BCUT2D eigenvalue weighted by atomic mass is 32.2. The minimum absolute atomic E-state index is 0.0949. The van der Waals surface area contributed by atoms with Crippen LogP contribution in [0.3, 0.4) is 0 Å². The summed E-state index contributed by atoms with van der Waals surface area (Å²) >= 11 is 0. The van der Waals surface area contributed by atoms with Gasteiger partial charge in [0.25, 0.3) is 0 Å². The molecule has 0 radical (unpaired) electrons. The predicted octanol–water partition coefficient (Wildman–Crippen LogP) is 0.661. The summed E-state index contributed by atoms with van der Waals surface area (Å²) in [5, 5.41) is 0. The van der Waals surface area contributed by atoms with Crippen LogP contribution in [0.25, 0.3) is 0 Å². The third-order valence-corrected chi connectivity index (χ3v) is 2.69. The lowest BCUT2D eigenvalue weighted by molar-refractivity contribution is -0.172. The average Bonchev–Trinajstić information content (AvgIpc) is 1.95. The second-order valence-corrected chi connectivity index (χ2v) is 4.58. The zero-order valence-corrected chi connectivity index (χ0v) is 8.66. The Balaban J connectivity index is 3.41. The van der Waals surface area contributed by atoms with E-state index in [2.05, 4.69) is 4.74 Å². The highest BCUT2D eigenvalue weighted by molar-refractivity contribution is 7.85. The zero-order valence-electron chi connectivity index (χ0n) is 7.84. The molecule has 0 aromatic heterocycles. The summed E-state index contributed by atoms with van der Waals surface area (Å²) in [4.78, 5) is 0. The summed E-state index contributed by atoms with van der Waals surface area (Å²) < 4.78 is 50.0. The molecule has 0 aliphatic heterocycles. The predicted molar refractivity (Wildman–Crippen MR) is 48.4 cm³/mol. The molecule has 3 nitrogen and oxygen atoms in total. The first-order valence-electron chi connectivity index (χ1n) is 4.06. The number of rotatable bonds is 6. The van der Waals surface area contributed by atoms with Crippen molar-refractivity contribution in [3.8, 4) is 0 Å². The van der Waals surface area contributed by atoms with Crippen LogP contribution in [-0.4, -0.2) is 41.1 Å². The van der Waals surface area contributed by atoms with E-state index in [0.717, 1.165) is 0 Å². The summed E-state index contributed by atoms with van der Waals surface area (Å²) in [7, 11) is -1.20. The van der Waals surface area contributed by atoms with Crippen molar-refractivity contribution in [1.82, 2.24) is 0 Å². The van der Waals surface area contributed by atoms with E-state index in [1.807, 2.05) is 0 Å². The minimum atomic E-state index is -4.32. The topological polar surface area (TPSA) is 52.3 Å². The maximum absolute atomic E-state index is 11.6. The third kappa shape index (κ3) is 9.94. The highest BCUT2D eigenvalue weighted by Crippen LogP contribution is 2.14. The number of hydrogen-bond acceptors (Lipinski definition) is 3. The van der Waals surface area contributed by atoms with Crippen LogP contribution < -0.4 is 5.73 Å². The largest absolute Gasteiger partial charge is 0.411 e. The lowest BCUT2D eigenvalue weighted by Crippen LogP contribution is -2.26. The molecule has 0 bridgehead atoms. The first-order chi connectivity index (χ1) is 6.31. The van der Waals surface area contributed by atoms with Crippen molar-refractivity contribution in [3.05, 3.63) is 0 Å². The SMILES string of the molecule is CC(N)CS(=O)CCOCC(F)(F)F. The molecule has 0 aliphatic rings. The van der Waals surface area contributed by atoms with E-state index in [1.165, 1.54) is 0 Å². The Labute approximate surface area is 83.3 Å². The van der Waals surface area contributed by atoms with E-state index < -0.39 is 23.6 Å². The van der Waals surface area contributed by atoms with Gasteiger partial charge in [0, 0.05) is 28.3 Å².